The predicted octanol–water partition coefficient (Wildman–Crippen LogP) is -7.68. The molecule has 0 aliphatic carbocycles. The van der Waals surface area contributed by atoms with Crippen molar-refractivity contribution in [2.75, 3.05) is 92.0 Å². The van der Waals surface area contributed by atoms with Gasteiger partial charge >= 0.3 is 47.8 Å². The van der Waals surface area contributed by atoms with Crippen LogP contribution in [0.2, 0.25) is 0 Å². The molecule has 30 aliphatic rings. The molecule has 0 saturated carbocycles. The van der Waals surface area contributed by atoms with Crippen molar-refractivity contribution in [3.8, 4) is 0 Å². The SMILES string of the molecule is O=C(O)CCSC[C@H]1O[C@H]2O[C@H]3[C@H](O)[C@@H](O)[C@H](O[C@H]4[C@H](O)[C@@H](O)[C@@H](O[C@H]5[C@H](O)[C@@H](O)[C@@H](O[C@H]6[C@H](O)[C@@H](O)[C@@H](O[C@H]7[C@H](O)[C@@H](O)[C@H](O[C@H]8[C@H](O)[C@@H](O)[C@@H](O[C@H]9[C@H](O)[C@@H](O)[C@H](O[C@H]1[C@H](O)[C@H]2O)O[C@@H]9CSCCC(=O)O)O[C@@H]8CSCCC(=O)O)O[C@@H]7CSCCC(=O)O)O[C@@H]6CSCCC(=O)O)O[C@@H]5CSCCC(=O)O)O[C@@H]4CSCCC(=O)O)O[C@@H]3CSCCC(=O)O. The highest BCUT2D eigenvalue weighted by molar-refractivity contribution is 8.00. The van der Waals surface area contributed by atoms with Crippen molar-refractivity contribution in [1.29, 1.82) is 0 Å². The van der Waals surface area contributed by atoms with E-state index in [1.807, 2.05) is 0 Å². The second kappa shape index (κ2) is 52.7. The normalized spacial score (nSPS) is 41.5. The van der Waals surface area contributed by atoms with Crippen molar-refractivity contribution in [3.63, 3.8) is 0 Å². The van der Waals surface area contributed by atoms with E-state index in [1.54, 1.807) is 0 Å². The number of carboxylic acid groups (broad SMARTS) is 8. The summed E-state index contributed by atoms with van der Waals surface area (Å²) in [6.07, 6.45) is -85.9. The number of thioether (sulfide) groups is 8. The minimum Gasteiger partial charge on any atom is -0.481 e. The molecule has 0 spiro atoms. The number of carbonyl (C=O) groups is 8. The fourth-order valence-corrected chi connectivity index (χ4v) is 22.6. The van der Waals surface area contributed by atoms with Crippen molar-refractivity contribution in [3.05, 3.63) is 0 Å². The third-order valence-electron chi connectivity index (χ3n) is 21.4. The maximum atomic E-state index is 12.3. The van der Waals surface area contributed by atoms with Crippen molar-refractivity contribution in [1.82, 2.24) is 0 Å². The van der Waals surface area contributed by atoms with Crippen LogP contribution in [0.1, 0.15) is 51.4 Å². The van der Waals surface area contributed by atoms with Crippen molar-refractivity contribution in [2.24, 2.45) is 0 Å². The maximum Gasteiger partial charge on any atom is 0.304 e. The largest absolute Gasteiger partial charge is 0.481 e. The summed E-state index contributed by atoms with van der Waals surface area (Å²) in [7, 11) is 0. The van der Waals surface area contributed by atoms with Crippen molar-refractivity contribution >= 4 is 142 Å². The fraction of sp³-hybridized carbons (Fsp3) is 0.889. The van der Waals surface area contributed by atoms with Gasteiger partial charge in [-0.05, 0) is 0 Å². The van der Waals surface area contributed by atoms with Crippen LogP contribution in [-0.2, 0) is 114 Å². The molecule has 30 rings (SSSR count). The second-order valence-corrected chi connectivity index (χ2v) is 39.9. The standard InChI is InChI=1S/C72H112O48S8/c73-33(74)1-9-121-17-25-57-41(89)49(97)65(105-25)114-58-26(18-122-10-2-34(75)76)107-67(51(99)43(58)91)116-60-28(20-124-12-4-36(79)80)109-69(53(101)45(60)93)118-62-30(22-126-14-6-38(83)84)111-71(55(103)47(62)95)120-64-32(24-128-16-8-40(87)88)112-72(56(104)48(64)96)119-63-31(23-127-15-7-39(85)86)110-70(54(102)46(63)94)117-61-29(21-125-13-5-37(81)82)108-68(52(100)44(61)92)115-59-27(19-123-11-3-35(77)78)106-66(113-57)50(98)42(59)90/h25-32,41-72,89-104H,1-24H2,(H,73,74)(H,75,76)(H,77,78)(H,79,80)(H,81,82)(H,83,84)(H,85,86)(H,87,88)/t25-,26-,27-,28-,29-,30-,31-,32-,41-,42-,43-,44-,45-,46-,47-,48-,49-,50-,51-,52-,53-,54-,55-,56-,57-,58-,59-,60-,61-,62-,63-,64-,65-,66-,67-,68+,69+,70+,71-,72+/m1/s1. The molecule has 0 radical (unpaired) electrons. The Morgan fingerprint density at radius 1 is 0.156 bits per heavy atom. The lowest BCUT2D eigenvalue weighted by atomic mass is 9.95. The third-order valence-corrected chi connectivity index (χ3v) is 29.9. The molecule has 30 fully saturated rings. The first-order chi connectivity index (χ1) is 60.7. The number of carboxylic acids is 8. The van der Waals surface area contributed by atoms with Crippen LogP contribution in [0.4, 0.5) is 0 Å². The summed E-state index contributed by atoms with van der Waals surface area (Å²) in [6, 6.07) is 0. The highest BCUT2D eigenvalue weighted by Crippen LogP contribution is 2.43. The van der Waals surface area contributed by atoms with Crippen LogP contribution in [0.3, 0.4) is 0 Å². The molecule has 56 heteroatoms. The Morgan fingerprint density at radius 2 is 0.250 bits per heavy atom. The average Bonchev–Trinajstić information content (AvgIpc) is 0.766. The Labute approximate surface area is 763 Å². The van der Waals surface area contributed by atoms with Gasteiger partial charge in [-0.2, -0.15) is 94.1 Å². The van der Waals surface area contributed by atoms with Crippen LogP contribution in [0.5, 0.6) is 0 Å². The van der Waals surface area contributed by atoms with Crippen LogP contribution in [0.15, 0.2) is 0 Å². The molecule has 0 amide bonds. The van der Waals surface area contributed by atoms with Gasteiger partial charge in [-0.3, -0.25) is 38.4 Å². The lowest BCUT2D eigenvalue weighted by Gasteiger charge is -2.51. The molecule has 48 nitrogen and oxygen atoms in total. The number of hydrogen-bond acceptors (Lipinski definition) is 48. The van der Waals surface area contributed by atoms with Crippen molar-refractivity contribution < 1.29 is 237 Å². The molecule has 0 aromatic carbocycles. The monoisotopic (exact) mass is 2000 g/mol. The summed E-state index contributed by atoms with van der Waals surface area (Å²) < 4.78 is 100. The van der Waals surface area contributed by atoms with Crippen LogP contribution < -0.4 is 0 Å². The van der Waals surface area contributed by atoms with Crippen molar-refractivity contribution in [2.45, 2.75) is 297 Å². The van der Waals surface area contributed by atoms with E-state index in [0.29, 0.717) is 0 Å². The van der Waals surface area contributed by atoms with E-state index in [2.05, 4.69) is 0 Å². The Hall–Kier alpha value is -2.72. The molecule has 40 atom stereocenters. The number of ether oxygens (including phenoxy) is 16. The summed E-state index contributed by atoms with van der Waals surface area (Å²) in [5.41, 5.74) is 0. The molecule has 0 aromatic heterocycles. The van der Waals surface area contributed by atoms with Gasteiger partial charge in [0.15, 0.2) is 50.3 Å². The lowest BCUT2D eigenvalue weighted by molar-refractivity contribution is -0.396. The van der Waals surface area contributed by atoms with Crippen LogP contribution in [-0.4, -0.2) is 508 Å². The number of aliphatic hydroxyl groups is 16. The van der Waals surface area contributed by atoms with Gasteiger partial charge in [-0.25, -0.2) is 0 Å². The van der Waals surface area contributed by atoms with E-state index in [-0.39, 0.29) is 92.0 Å². The minimum absolute atomic E-state index is 0.159. The average molecular weight is 2000 g/mol. The number of aliphatic carboxylic acids is 8. The quantitative estimate of drug-likeness (QED) is 0.0253. The van der Waals surface area contributed by atoms with E-state index < -0.39 is 345 Å². The number of hydrogen-bond donors (Lipinski definition) is 24. The van der Waals surface area contributed by atoms with E-state index in [0.717, 1.165) is 94.1 Å². The van der Waals surface area contributed by atoms with E-state index in [4.69, 9.17) is 75.8 Å². The Morgan fingerprint density at radius 3 is 0.336 bits per heavy atom. The molecule has 30 heterocycles. The zero-order valence-electron chi connectivity index (χ0n) is 67.9. The molecular formula is C72H112O48S8. The van der Waals surface area contributed by atoms with E-state index >= 15 is 0 Å². The molecule has 30 aliphatic heterocycles. The van der Waals surface area contributed by atoms with Gasteiger partial charge in [0.05, 0.1) is 100 Å². The number of rotatable bonds is 40. The molecule has 0 unspecified atom stereocenters. The smallest absolute Gasteiger partial charge is 0.304 e. The molecule has 24 N–H and O–H groups in total. The highest BCUT2D eigenvalue weighted by atomic mass is 32.2. The van der Waals surface area contributed by atoms with Gasteiger partial charge in [0.25, 0.3) is 0 Å². The van der Waals surface area contributed by atoms with Crippen LogP contribution in [0.25, 0.3) is 0 Å². The minimum atomic E-state index is -2.33. The van der Waals surface area contributed by atoms with Gasteiger partial charge in [0.2, 0.25) is 0 Å². The lowest BCUT2D eigenvalue weighted by Crippen LogP contribution is -2.69. The van der Waals surface area contributed by atoms with Gasteiger partial charge in [-0.15, -0.1) is 0 Å². The van der Waals surface area contributed by atoms with Gasteiger partial charge in [0.1, 0.15) is 146 Å². The predicted molar refractivity (Wildman–Crippen MR) is 441 cm³/mol. The summed E-state index contributed by atoms with van der Waals surface area (Å²) in [5, 5.41) is 272. The molecule has 30 saturated heterocycles. The van der Waals surface area contributed by atoms with E-state index in [9.17, 15) is 161 Å². The van der Waals surface area contributed by atoms with Gasteiger partial charge in [0, 0.05) is 92.0 Å². The topological polar surface area (TPSA) is 770 Å². The first kappa shape index (κ1) is 109. The Bertz CT molecular complexity index is 2830. The molecule has 128 heavy (non-hydrogen) atoms. The Balaban J connectivity index is 1.12. The summed E-state index contributed by atoms with van der Waals surface area (Å²) in [4.78, 5) is 94.3. The summed E-state index contributed by atoms with van der Waals surface area (Å²) >= 11 is 7.04. The molecule has 736 valence electrons. The zero-order chi connectivity index (χ0) is 93.7. The Kier molecular flexibility index (Phi) is 44.9. The summed E-state index contributed by atoms with van der Waals surface area (Å²) in [6.45, 7) is 0. The van der Waals surface area contributed by atoms with Gasteiger partial charge in [-0.1, -0.05) is 0 Å². The first-order valence-corrected chi connectivity index (χ1v) is 49.7. The third kappa shape index (κ3) is 30.6. The first-order valence-electron chi connectivity index (χ1n) is 40.5. The van der Waals surface area contributed by atoms with Gasteiger partial charge < -0.3 is 198 Å². The second-order valence-electron chi connectivity index (χ2n) is 30.7. The summed E-state index contributed by atoms with van der Waals surface area (Å²) in [5.74, 6) is -14.4. The molecular weight excluding hydrogens is 1890 g/mol. The van der Waals surface area contributed by atoms with Crippen LogP contribution >= 0.6 is 94.1 Å². The van der Waals surface area contributed by atoms with E-state index in [1.165, 1.54) is 0 Å². The fourth-order valence-electron chi connectivity index (χ4n) is 14.7. The van der Waals surface area contributed by atoms with Crippen LogP contribution in [0, 0.1) is 0 Å². The number of aliphatic hydroxyl groups excluding tert-OH is 16. The zero-order valence-corrected chi connectivity index (χ0v) is 74.4. The molecule has 0 aromatic rings. The highest BCUT2D eigenvalue weighted by Gasteiger charge is 2.61. The maximum absolute atomic E-state index is 12.3. The molecule has 16 bridgehead atoms.